The molecule has 2 aliphatic heterocycles. The standard InChI is InChI=1S/C22H15F4N5O2/c23-13-7-14-15(31-9-28-8-16(31)20(27)29-14)6-12(13)21(32)30-4-3-17-19(30)11-2-1-10(22(24,25)26)5-18(11)33-17/h1-2,5-9,17,19H,3-4H2,(H2,27,29). The summed E-state index contributed by atoms with van der Waals surface area (Å²) in [6.07, 6.45) is -1.56. The molecule has 6 rings (SSSR count). The SMILES string of the molecule is Nc1nc2cc(F)c(C(=O)N3CCC4Oc5cc(C(F)(F)F)ccc5C43)cc2n2cncc12. The average molecular weight is 457 g/mol. The predicted molar refractivity (Wildman–Crippen MR) is 109 cm³/mol. The summed E-state index contributed by atoms with van der Waals surface area (Å²) >= 11 is 0. The summed E-state index contributed by atoms with van der Waals surface area (Å²) in [5.41, 5.74) is 6.62. The zero-order valence-electron chi connectivity index (χ0n) is 16.8. The molecule has 1 amide bonds. The monoisotopic (exact) mass is 457 g/mol. The van der Waals surface area contributed by atoms with Crippen LogP contribution in [0, 0.1) is 5.82 Å². The Bertz CT molecular complexity index is 1460. The largest absolute Gasteiger partial charge is 0.487 e. The maximum atomic E-state index is 15.0. The number of anilines is 1. The molecule has 2 N–H and O–H groups in total. The molecule has 0 radical (unpaired) electrons. The van der Waals surface area contributed by atoms with Gasteiger partial charge in [-0.05, 0) is 18.2 Å². The van der Waals surface area contributed by atoms with Gasteiger partial charge < -0.3 is 15.4 Å². The fourth-order valence-corrected chi connectivity index (χ4v) is 4.72. The van der Waals surface area contributed by atoms with E-state index >= 15 is 0 Å². The van der Waals surface area contributed by atoms with Gasteiger partial charge in [0.2, 0.25) is 0 Å². The lowest BCUT2D eigenvalue weighted by Crippen LogP contribution is -2.32. The molecule has 2 atom stereocenters. The van der Waals surface area contributed by atoms with E-state index < -0.39 is 35.6 Å². The molecule has 2 aliphatic rings. The van der Waals surface area contributed by atoms with Crippen LogP contribution < -0.4 is 10.5 Å². The molecule has 2 aromatic carbocycles. The molecule has 0 aliphatic carbocycles. The number of imidazole rings is 1. The van der Waals surface area contributed by atoms with Crippen LogP contribution in [0.25, 0.3) is 16.6 Å². The molecule has 4 heterocycles. The van der Waals surface area contributed by atoms with Gasteiger partial charge in [-0.2, -0.15) is 13.2 Å². The molecular formula is C22H15F4N5O2. The van der Waals surface area contributed by atoms with E-state index in [1.165, 1.54) is 29.6 Å². The van der Waals surface area contributed by atoms with Crippen molar-refractivity contribution >= 4 is 28.3 Å². The highest BCUT2D eigenvalue weighted by Crippen LogP contribution is 2.47. The summed E-state index contributed by atoms with van der Waals surface area (Å²) in [5.74, 6) is -1.08. The first-order valence-corrected chi connectivity index (χ1v) is 10.1. The Morgan fingerprint density at radius 1 is 1.18 bits per heavy atom. The first kappa shape index (κ1) is 19.8. The zero-order chi connectivity index (χ0) is 23.1. The summed E-state index contributed by atoms with van der Waals surface area (Å²) in [4.78, 5) is 23.1. The van der Waals surface area contributed by atoms with Gasteiger partial charge in [-0.15, -0.1) is 0 Å². The number of likely N-dealkylation sites (tertiary alicyclic amines) is 1. The molecule has 2 aromatic heterocycles. The molecule has 11 heteroatoms. The van der Waals surface area contributed by atoms with E-state index in [4.69, 9.17) is 10.5 Å². The van der Waals surface area contributed by atoms with Crippen molar-refractivity contribution in [3.63, 3.8) is 0 Å². The third kappa shape index (κ3) is 2.84. The molecule has 1 fully saturated rings. The first-order valence-electron chi connectivity index (χ1n) is 10.1. The number of ether oxygens (including phenoxy) is 1. The highest BCUT2D eigenvalue weighted by atomic mass is 19.4. The Labute approximate surface area is 183 Å². The first-order chi connectivity index (χ1) is 15.7. The molecule has 33 heavy (non-hydrogen) atoms. The Hall–Kier alpha value is -3.89. The van der Waals surface area contributed by atoms with Gasteiger partial charge in [0.05, 0.1) is 40.7 Å². The van der Waals surface area contributed by atoms with Gasteiger partial charge in [0.25, 0.3) is 5.91 Å². The summed E-state index contributed by atoms with van der Waals surface area (Å²) in [5, 5.41) is 0. The fraction of sp³-hybridized carbons (Fsp3) is 0.227. The van der Waals surface area contributed by atoms with Crippen molar-refractivity contribution in [3.05, 3.63) is 65.4 Å². The Morgan fingerprint density at radius 2 is 2.00 bits per heavy atom. The van der Waals surface area contributed by atoms with E-state index in [2.05, 4.69) is 9.97 Å². The summed E-state index contributed by atoms with van der Waals surface area (Å²) in [7, 11) is 0. The van der Waals surface area contributed by atoms with Crippen molar-refractivity contribution in [2.24, 2.45) is 0 Å². The third-order valence-electron chi connectivity index (χ3n) is 6.24. The molecule has 0 spiro atoms. The number of carbonyl (C=O) groups excluding carboxylic acids is 1. The van der Waals surface area contributed by atoms with Gasteiger partial charge >= 0.3 is 6.18 Å². The average Bonchev–Trinajstić information content (AvgIpc) is 3.47. The number of carbonyl (C=O) groups is 1. The Balaban J connectivity index is 1.41. The predicted octanol–water partition coefficient (Wildman–Crippen LogP) is 3.97. The second-order valence-electron chi connectivity index (χ2n) is 8.11. The van der Waals surface area contributed by atoms with E-state index in [0.717, 1.165) is 18.2 Å². The number of fused-ring (bicyclic) bond motifs is 6. The second kappa shape index (κ2) is 6.56. The highest BCUT2D eigenvalue weighted by Gasteiger charge is 2.47. The lowest BCUT2D eigenvalue weighted by molar-refractivity contribution is -0.137. The minimum absolute atomic E-state index is 0.0936. The van der Waals surface area contributed by atoms with Crippen LogP contribution in [0.1, 0.15) is 33.9 Å². The maximum Gasteiger partial charge on any atom is 0.416 e. The summed E-state index contributed by atoms with van der Waals surface area (Å²) in [6.45, 7) is 0.284. The van der Waals surface area contributed by atoms with Gasteiger partial charge in [-0.3, -0.25) is 9.20 Å². The number of benzene rings is 2. The van der Waals surface area contributed by atoms with Gasteiger partial charge in [0.1, 0.15) is 29.0 Å². The smallest absolute Gasteiger partial charge is 0.416 e. The molecule has 7 nitrogen and oxygen atoms in total. The highest BCUT2D eigenvalue weighted by molar-refractivity contribution is 5.99. The molecule has 2 unspecified atom stereocenters. The van der Waals surface area contributed by atoms with E-state index in [1.807, 2.05) is 0 Å². The zero-order valence-corrected chi connectivity index (χ0v) is 16.8. The minimum atomic E-state index is -4.50. The number of hydrogen-bond donors (Lipinski definition) is 1. The number of nitrogen functional groups attached to an aromatic ring is 1. The number of aromatic nitrogens is 3. The van der Waals surface area contributed by atoms with Gasteiger partial charge in [-0.25, -0.2) is 14.4 Å². The molecular weight excluding hydrogens is 442 g/mol. The molecule has 1 saturated heterocycles. The fourth-order valence-electron chi connectivity index (χ4n) is 4.72. The maximum absolute atomic E-state index is 15.0. The Morgan fingerprint density at radius 3 is 2.79 bits per heavy atom. The number of amides is 1. The number of hydrogen-bond acceptors (Lipinski definition) is 5. The second-order valence-corrected chi connectivity index (χ2v) is 8.11. The van der Waals surface area contributed by atoms with Crippen LogP contribution >= 0.6 is 0 Å². The van der Waals surface area contributed by atoms with Crippen LogP contribution in [-0.2, 0) is 6.18 Å². The lowest BCUT2D eigenvalue weighted by Gasteiger charge is -2.24. The third-order valence-corrected chi connectivity index (χ3v) is 6.24. The summed E-state index contributed by atoms with van der Waals surface area (Å²) < 4.78 is 61.6. The quantitative estimate of drug-likeness (QED) is 0.437. The van der Waals surface area contributed by atoms with Gasteiger partial charge in [0.15, 0.2) is 0 Å². The topological polar surface area (TPSA) is 85.8 Å². The van der Waals surface area contributed by atoms with Crippen LogP contribution in [0.2, 0.25) is 0 Å². The van der Waals surface area contributed by atoms with Gasteiger partial charge in [0, 0.05) is 24.6 Å². The van der Waals surface area contributed by atoms with Crippen LogP contribution in [0.3, 0.4) is 0 Å². The van der Waals surface area contributed by atoms with Crippen molar-refractivity contribution < 1.29 is 27.1 Å². The van der Waals surface area contributed by atoms with Crippen molar-refractivity contribution in [1.29, 1.82) is 0 Å². The summed E-state index contributed by atoms with van der Waals surface area (Å²) in [6, 6.07) is 5.17. The van der Waals surface area contributed by atoms with E-state index in [9.17, 15) is 22.4 Å². The van der Waals surface area contributed by atoms with Crippen molar-refractivity contribution in [1.82, 2.24) is 19.3 Å². The number of nitrogens with zero attached hydrogens (tertiary/aromatic N) is 4. The lowest BCUT2D eigenvalue weighted by atomic mass is 10.0. The van der Waals surface area contributed by atoms with Crippen LogP contribution in [-0.4, -0.2) is 37.8 Å². The van der Waals surface area contributed by atoms with Crippen LogP contribution in [0.4, 0.5) is 23.4 Å². The molecule has 0 bridgehead atoms. The molecule has 168 valence electrons. The normalized spacial score (nSPS) is 19.7. The van der Waals surface area contributed by atoms with Gasteiger partial charge in [-0.1, -0.05) is 6.07 Å². The van der Waals surface area contributed by atoms with Crippen molar-refractivity contribution in [2.45, 2.75) is 24.7 Å². The van der Waals surface area contributed by atoms with Crippen LogP contribution in [0.5, 0.6) is 5.75 Å². The van der Waals surface area contributed by atoms with Crippen molar-refractivity contribution in [2.75, 3.05) is 12.3 Å². The Kier molecular flexibility index (Phi) is 3.93. The van der Waals surface area contributed by atoms with E-state index in [0.29, 0.717) is 23.0 Å². The molecule has 0 saturated carbocycles. The van der Waals surface area contributed by atoms with E-state index in [1.54, 1.807) is 4.40 Å². The van der Waals surface area contributed by atoms with Crippen LogP contribution in [0.15, 0.2) is 42.9 Å². The van der Waals surface area contributed by atoms with Crippen molar-refractivity contribution in [3.8, 4) is 5.75 Å². The minimum Gasteiger partial charge on any atom is -0.487 e. The number of rotatable bonds is 1. The number of alkyl halides is 3. The number of nitrogens with two attached hydrogens (primary N) is 1. The number of halogens is 4. The van der Waals surface area contributed by atoms with E-state index in [-0.39, 0.29) is 29.2 Å². The molecule has 4 aromatic rings.